The Hall–Kier alpha value is -1.94. The molecule has 1 heterocycles. The minimum absolute atomic E-state index is 0.298. The Bertz CT molecular complexity index is 508. The molecule has 17 heavy (non-hydrogen) atoms. The number of sulfonamides is 1. The number of imidazole rings is 1. The van der Waals surface area contributed by atoms with Crippen LogP contribution in [-0.4, -0.2) is 41.4 Å². The molecule has 0 aromatic carbocycles. The first-order chi connectivity index (χ1) is 7.83. The highest BCUT2D eigenvalue weighted by Crippen LogP contribution is 2.05. The number of carbonyl (C=O) groups excluding carboxylic acids is 1. The van der Waals surface area contributed by atoms with E-state index in [2.05, 4.69) is 9.97 Å². The van der Waals surface area contributed by atoms with Gasteiger partial charge in [-0.2, -0.15) is 4.72 Å². The lowest BCUT2D eigenvalue weighted by atomic mass is 10.2. The highest BCUT2D eigenvalue weighted by molar-refractivity contribution is 7.89. The van der Waals surface area contributed by atoms with E-state index in [1.54, 1.807) is 0 Å². The number of primary amides is 1. The van der Waals surface area contributed by atoms with Crippen molar-refractivity contribution in [1.29, 1.82) is 0 Å². The van der Waals surface area contributed by atoms with Gasteiger partial charge in [0.25, 0.3) is 10.0 Å². The number of aromatic nitrogens is 2. The van der Waals surface area contributed by atoms with Crippen LogP contribution in [0.4, 0.5) is 0 Å². The van der Waals surface area contributed by atoms with E-state index in [-0.39, 0.29) is 5.03 Å². The van der Waals surface area contributed by atoms with Gasteiger partial charge in [0.15, 0.2) is 5.03 Å². The second-order valence-corrected chi connectivity index (χ2v) is 4.78. The number of aliphatic carboxylic acids is 1. The molecule has 0 fully saturated rings. The number of nitrogens with one attached hydrogen (secondary N) is 2. The zero-order valence-electron chi connectivity index (χ0n) is 8.45. The molecule has 1 aromatic heterocycles. The highest BCUT2D eigenvalue weighted by Gasteiger charge is 2.27. The smallest absolute Gasteiger partial charge is 0.322 e. The van der Waals surface area contributed by atoms with Crippen molar-refractivity contribution in [2.24, 2.45) is 5.73 Å². The van der Waals surface area contributed by atoms with Crippen LogP contribution in [0.3, 0.4) is 0 Å². The lowest BCUT2D eigenvalue weighted by Gasteiger charge is -2.11. The van der Waals surface area contributed by atoms with Crippen LogP contribution < -0.4 is 10.5 Å². The summed E-state index contributed by atoms with van der Waals surface area (Å²) < 4.78 is 25.0. The van der Waals surface area contributed by atoms with Crippen LogP contribution in [0.15, 0.2) is 17.6 Å². The van der Waals surface area contributed by atoms with Gasteiger partial charge in [0, 0.05) is 0 Å². The van der Waals surface area contributed by atoms with Crippen LogP contribution in [-0.2, 0) is 19.6 Å². The summed E-state index contributed by atoms with van der Waals surface area (Å²) in [5, 5.41) is 8.42. The van der Waals surface area contributed by atoms with Gasteiger partial charge in [-0.3, -0.25) is 9.59 Å². The fourth-order valence-electron chi connectivity index (χ4n) is 1.02. The largest absolute Gasteiger partial charge is 0.480 e. The molecule has 0 spiro atoms. The molecule has 1 aromatic rings. The van der Waals surface area contributed by atoms with Crippen LogP contribution in [0.1, 0.15) is 6.42 Å². The molecule has 1 atom stereocenters. The van der Waals surface area contributed by atoms with Gasteiger partial charge in [-0.15, -0.1) is 0 Å². The van der Waals surface area contributed by atoms with E-state index in [1.165, 1.54) is 0 Å². The molecule has 10 heteroatoms. The van der Waals surface area contributed by atoms with E-state index in [4.69, 9.17) is 10.8 Å². The van der Waals surface area contributed by atoms with Crippen LogP contribution in [0.25, 0.3) is 0 Å². The molecule has 0 aliphatic heterocycles. The van der Waals surface area contributed by atoms with Crippen molar-refractivity contribution in [2.45, 2.75) is 17.5 Å². The summed E-state index contributed by atoms with van der Waals surface area (Å²) in [4.78, 5) is 27.1. The third-order valence-corrected chi connectivity index (χ3v) is 3.16. The van der Waals surface area contributed by atoms with Gasteiger partial charge in [-0.05, 0) is 0 Å². The number of H-pyrrole nitrogens is 1. The predicted octanol–water partition coefficient (Wildman–Crippen LogP) is -1.98. The van der Waals surface area contributed by atoms with Gasteiger partial charge in [0.05, 0.1) is 18.9 Å². The highest BCUT2D eigenvalue weighted by atomic mass is 32.2. The summed E-state index contributed by atoms with van der Waals surface area (Å²) in [5.74, 6) is -2.42. The number of carboxylic acid groups (broad SMARTS) is 1. The molecule has 0 saturated carbocycles. The summed E-state index contributed by atoms with van der Waals surface area (Å²) >= 11 is 0. The zero-order chi connectivity index (χ0) is 13.1. The number of carbonyl (C=O) groups is 2. The topological polar surface area (TPSA) is 155 Å². The number of carboxylic acids is 1. The Morgan fingerprint density at radius 1 is 1.59 bits per heavy atom. The van der Waals surface area contributed by atoms with Crippen LogP contribution in [0.2, 0.25) is 0 Å². The summed E-state index contributed by atoms with van der Waals surface area (Å²) in [6.45, 7) is 0. The average Bonchev–Trinajstić information content (AvgIpc) is 2.68. The molecule has 9 nitrogen and oxygen atoms in total. The van der Waals surface area contributed by atoms with Gasteiger partial charge in [-0.25, -0.2) is 13.4 Å². The number of aromatic amines is 1. The lowest BCUT2D eigenvalue weighted by molar-refractivity contribution is -0.140. The van der Waals surface area contributed by atoms with Crippen molar-refractivity contribution >= 4 is 21.9 Å². The third-order valence-electron chi connectivity index (χ3n) is 1.76. The Balaban J connectivity index is 2.87. The second kappa shape index (κ2) is 4.93. The fraction of sp³-hybridized carbons (Fsp3) is 0.286. The number of rotatable bonds is 6. The molecular weight excluding hydrogens is 252 g/mol. The minimum atomic E-state index is -4.06. The van der Waals surface area contributed by atoms with Gasteiger partial charge < -0.3 is 15.8 Å². The number of nitrogens with zero attached hydrogens (tertiary/aromatic N) is 1. The number of amides is 1. The van der Waals surface area contributed by atoms with Crippen LogP contribution in [0.5, 0.6) is 0 Å². The fourth-order valence-corrected chi connectivity index (χ4v) is 2.11. The third kappa shape index (κ3) is 3.53. The molecule has 1 unspecified atom stereocenters. The molecule has 94 valence electrons. The maximum Gasteiger partial charge on any atom is 0.322 e. The quantitative estimate of drug-likeness (QED) is 0.465. The van der Waals surface area contributed by atoms with Crippen molar-refractivity contribution < 1.29 is 23.1 Å². The number of hydrogen-bond acceptors (Lipinski definition) is 5. The molecule has 0 saturated heterocycles. The summed E-state index contributed by atoms with van der Waals surface area (Å²) in [6.07, 6.45) is 1.49. The number of hydrogen-bond donors (Lipinski definition) is 4. The Labute approximate surface area is 96.1 Å². The maximum absolute atomic E-state index is 11.6. The first-order valence-electron chi connectivity index (χ1n) is 4.35. The predicted molar refractivity (Wildman–Crippen MR) is 54.1 cm³/mol. The van der Waals surface area contributed by atoms with Gasteiger partial charge >= 0.3 is 5.97 Å². The average molecular weight is 262 g/mol. The van der Waals surface area contributed by atoms with E-state index in [1.807, 2.05) is 4.72 Å². The van der Waals surface area contributed by atoms with Gasteiger partial charge in [0.2, 0.25) is 5.91 Å². The van der Waals surface area contributed by atoms with Crippen molar-refractivity contribution in [3.63, 3.8) is 0 Å². The van der Waals surface area contributed by atoms with E-state index < -0.39 is 34.4 Å². The monoisotopic (exact) mass is 262 g/mol. The van der Waals surface area contributed by atoms with Gasteiger partial charge in [0.1, 0.15) is 6.04 Å². The van der Waals surface area contributed by atoms with E-state index in [9.17, 15) is 18.0 Å². The first-order valence-corrected chi connectivity index (χ1v) is 5.83. The molecule has 0 aliphatic rings. The molecular formula is C7H10N4O5S. The second-order valence-electron chi connectivity index (χ2n) is 3.10. The van der Waals surface area contributed by atoms with Crippen molar-refractivity contribution in [3.05, 3.63) is 12.5 Å². The van der Waals surface area contributed by atoms with E-state index >= 15 is 0 Å². The molecule has 0 aliphatic carbocycles. The SMILES string of the molecule is NC(=O)CC(NS(=O)(=O)c1cnc[nH]1)C(=O)O. The zero-order valence-corrected chi connectivity index (χ0v) is 9.27. The molecule has 1 rings (SSSR count). The standard InChI is InChI=1S/C7H10N4O5S/c8-5(12)1-4(7(13)14)11-17(15,16)6-2-9-3-10-6/h2-4,11H,1H2,(H2,8,12)(H,9,10)(H,13,14). The summed E-state index contributed by atoms with van der Waals surface area (Å²) in [6, 6.07) is -1.61. The maximum atomic E-state index is 11.6. The van der Waals surface area contributed by atoms with Crippen molar-refractivity contribution in [2.75, 3.05) is 0 Å². The van der Waals surface area contributed by atoms with Crippen LogP contribution >= 0.6 is 0 Å². The lowest BCUT2D eigenvalue weighted by Crippen LogP contribution is -2.43. The van der Waals surface area contributed by atoms with Crippen molar-refractivity contribution in [3.8, 4) is 0 Å². The van der Waals surface area contributed by atoms with Crippen LogP contribution in [0, 0.1) is 0 Å². The number of nitrogens with two attached hydrogens (primary N) is 1. The Morgan fingerprint density at radius 2 is 2.24 bits per heavy atom. The normalized spacial score (nSPS) is 13.2. The Morgan fingerprint density at radius 3 is 2.65 bits per heavy atom. The first kappa shape index (κ1) is 13.1. The summed E-state index contributed by atoms with van der Waals surface area (Å²) in [5.41, 5.74) is 4.81. The van der Waals surface area contributed by atoms with E-state index in [0.29, 0.717) is 0 Å². The van der Waals surface area contributed by atoms with Gasteiger partial charge in [-0.1, -0.05) is 0 Å². The molecule has 0 radical (unpaired) electrons. The molecule has 5 N–H and O–H groups in total. The minimum Gasteiger partial charge on any atom is -0.480 e. The molecule has 1 amide bonds. The Kier molecular flexibility index (Phi) is 3.81. The molecule has 0 bridgehead atoms. The van der Waals surface area contributed by atoms with Crippen molar-refractivity contribution in [1.82, 2.24) is 14.7 Å². The summed E-state index contributed by atoms with van der Waals surface area (Å²) in [7, 11) is -4.06. The van der Waals surface area contributed by atoms with E-state index in [0.717, 1.165) is 12.5 Å².